The Kier molecular flexibility index (Phi) is 4.75. The van der Waals surface area contributed by atoms with Gasteiger partial charge in [0.1, 0.15) is 5.75 Å². The number of aliphatic imine (C=N–C) groups is 1. The van der Waals surface area contributed by atoms with Gasteiger partial charge in [-0.25, -0.2) is 0 Å². The summed E-state index contributed by atoms with van der Waals surface area (Å²) in [6.45, 7) is 2.52. The van der Waals surface area contributed by atoms with Crippen molar-refractivity contribution in [3.05, 3.63) is 53.6 Å². The molecule has 5 heteroatoms. The van der Waals surface area contributed by atoms with Crippen LogP contribution in [0.4, 0.5) is 11.4 Å². The van der Waals surface area contributed by atoms with Crippen LogP contribution in [0.1, 0.15) is 53.3 Å². The maximum Gasteiger partial charge on any atom is 0.257 e. The summed E-state index contributed by atoms with van der Waals surface area (Å²) in [5.74, 6) is 0.497. The van der Waals surface area contributed by atoms with Crippen LogP contribution in [0, 0.1) is 5.92 Å². The van der Waals surface area contributed by atoms with Crippen LogP contribution < -0.4 is 10.1 Å². The quantitative estimate of drug-likeness (QED) is 0.850. The minimum absolute atomic E-state index is 0.101. The largest absolute Gasteiger partial charge is 0.494 e. The number of carbonyl (C=O) groups is 2. The molecule has 0 aromatic heterocycles. The lowest BCUT2D eigenvalue weighted by atomic mass is 9.79. The lowest BCUT2D eigenvalue weighted by Crippen LogP contribution is -2.31. The summed E-state index contributed by atoms with van der Waals surface area (Å²) in [5, 5.41) is 2.89. The van der Waals surface area contributed by atoms with Gasteiger partial charge in [0.05, 0.1) is 23.8 Å². The number of benzene rings is 2. The highest BCUT2D eigenvalue weighted by Crippen LogP contribution is 2.37. The van der Waals surface area contributed by atoms with Crippen LogP contribution >= 0.6 is 0 Å². The van der Waals surface area contributed by atoms with Gasteiger partial charge < -0.3 is 10.1 Å². The number of rotatable bonds is 4. The molecule has 0 radical (unpaired) electrons. The van der Waals surface area contributed by atoms with Gasteiger partial charge in [0.2, 0.25) is 0 Å². The van der Waals surface area contributed by atoms with E-state index < -0.39 is 0 Å². The average molecular weight is 362 g/mol. The van der Waals surface area contributed by atoms with Gasteiger partial charge in [-0.05, 0) is 62.6 Å². The van der Waals surface area contributed by atoms with E-state index in [9.17, 15) is 9.59 Å². The second kappa shape index (κ2) is 7.35. The van der Waals surface area contributed by atoms with Crippen molar-refractivity contribution in [1.82, 2.24) is 0 Å². The van der Waals surface area contributed by atoms with Crippen molar-refractivity contribution in [2.45, 2.75) is 32.6 Å². The Bertz CT molecular complexity index is 916. The summed E-state index contributed by atoms with van der Waals surface area (Å²) in [6, 6.07) is 12.5. The summed E-state index contributed by atoms with van der Waals surface area (Å²) in [4.78, 5) is 30.4. The number of nitrogens with one attached hydrogen (secondary N) is 1. The Morgan fingerprint density at radius 1 is 1.19 bits per heavy atom. The minimum Gasteiger partial charge on any atom is -0.494 e. The Morgan fingerprint density at radius 2 is 2.00 bits per heavy atom. The van der Waals surface area contributed by atoms with Crippen molar-refractivity contribution in [2.24, 2.45) is 10.9 Å². The van der Waals surface area contributed by atoms with Crippen LogP contribution in [0.3, 0.4) is 0 Å². The molecule has 1 amide bonds. The SMILES string of the molecule is CCOc1ccc(NC(=O)c2cccc3c2N=C2CCCCC2C3=O)cc1. The van der Waals surface area contributed by atoms with E-state index in [0.29, 0.717) is 29.1 Å². The molecule has 1 N–H and O–H groups in total. The molecule has 0 spiro atoms. The molecule has 1 atom stereocenters. The number of para-hydroxylation sites is 1. The van der Waals surface area contributed by atoms with E-state index in [1.54, 1.807) is 30.3 Å². The molecule has 2 aromatic rings. The van der Waals surface area contributed by atoms with Gasteiger partial charge in [-0.15, -0.1) is 0 Å². The summed E-state index contributed by atoms with van der Waals surface area (Å²) in [6.07, 6.45) is 3.81. The number of carbonyl (C=O) groups excluding carboxylic acids is 2. The number of ether oxygens (including phenoxy) is 1. The first-order valence-corrected chi connectivity index (χ1v) is 9.46. The minimum atomic E-state index is -0.262. The van der Waals surface area contributed by atoms with Gasteiger partial charge in [-0.2, -0.15) is 0 Å². The van der Waals surface area contributed by atoms with E-state index in [1.807, 2.05) is 19.1 Å². The van der Waals surface area contributed by atoms with Crippen LogP contribution in [0.5, 0.6) is 5.75 Å². The highest BCUT2D eigenvalue weighted by Gasteiger charge is 2.34. The van der Waals surface area contributed by atoms with Gasteiger partial charge in [-0.3, -0.25) is 14.6 Å². The van der Waals surface area contributed by atoms with Gasteiger partial charge in [-0.1, -0.05) is 12.5 Å². The molecular weight excluding hydrogens is 340 g/mol. The fourth-order valence-corrected chi connectivity index (χ4v) is 3.79. The zero-order valence-electron chi connectivity index (χ0n) is 15.3. The second-order valence-corrected chi connectivity index (χ2v) is 6.88. The third-order valence-corrected chi connectivity index (χ3v) is 5.12. The predicted molar refractivity (Wildman–Crippen MR) is 105 cm³/mol. The van der Waals surface area contributed by atoms with E-state index in [-0.39, 0.29) is 17.6 Å². The van der Waals surface area contributed by atoms with E-state index in [1.165, 1.54) is 0 Å². The molecule has 1 unspecified atom stereocenters. The first-order valence-electron chi connectivity index (χ1n) is 9.46. The monoisotopic (exact) mass is 362 g/mol. The summed E-state index contributed by atoms with van der Waals surface area (Å²) < 4.78 is 5.42. The number of nitrogens with zero attached hydrogens (tertiary/aromatic N) is 1. The zero-order valence-corrected chi connectivity index (χ0v) is 15.3. The van der Waals surface area contributed by atoms with E-state index in [2.05, 4.69) is 5.32 Å². The smallest absolute Gasteiger partial charge is 0.257 e. The molecule has 4 rings (SSSR count). The highest BCUT2D eigenvalue weighted by atomic mass is 16.5. The molecule has 1 saturated carbocycles. The molecule has 2 aliphatic rings. The van der Waals surface area contributed by atoms with Crippen LogP contribution in [0.25, 0.3) is 0 Å². The standard InChI is InChI=1S/C22H22N2O3/c1-2-27-15-12-10-14(11-13-15)23-22(26)18-8-5-7-17-20(18)24-19-9-4-3-6-16(19)21(17)25/h5,7-8,10-13,16H,2-4,6,9H2,1H3,(H,23,26). The maximum absolute atomic E-state index is 12.9. The molecule has 1 heterocycles. The van der Waals surface area contributed by atoms with Gasteiger partial charge in [0, 0.05) is 17.0 Å². The Balaban J connectivity index is 1.62. The van der Waals surface area contributed by atoms with Crippen LogP contribution in [-0.4, -0.2) is 24.0 Å². The predicted octanol–water partition coefficient (Wildman–Crippen LogP) is 4.80. The van der Waals surface area contributed by atoms with Crippen molar-refractivity contribution < 1.29 is 14.3 Å². The number of anilines is 1. The summed E-state index contributed by atoms with van der Waals surface area (Å²) >= 11 is 0. The summed E-state index contributed by atoms with van der Waals surface area (Å²) in [5.41, 5.74) is 3.11. The van der Waals surface area contributed by atoms with Crippen molar-refractivity contribution in [1.29, 1.82) is 0 Å². The number of ketones is 1. The van der Waals surface area contributed by atoms with Crippen molar-refractivity contribution in [2.75, 3.05) is 11.9 Å². The molecule has 5 nitrogen and oxygen atoms in total. The third kappa shape index (κ3) is 3.37. The molecular formula is C22H22N2O3. The Morgan fingerprint density at radius 3 is 2.78 bits per heavy atom. The topological polar surface area (TPSA) is 67.8 Å². The normalized spacial score (nSPS) is 18.2. The molecule has 27 heavy (non-hydrogen) atoms. The van der Waals surface area contributed by atoms with Crippen molar-refractivity contribution >= 4 is 28.8 Å². The number of Topliss-reactive ketones (excluding diaryl/α,β-unsaturated/α-hetero) is 1. The zero-order chi connectivity index (χ0) is 18.8. The van der Waals surface area contributed by atoms with E-state index in [4.69, 9.17) is 9.73 Å². The molecule has 0 saturated heterocycles. The molecule has 2 aromatic carbocycles. The van der Waals surface area contributed by atoms with Crippen LogP contribution in [-0.2, 0) is 0 Å². The number of fused-ring (bicyclic) bond motifs is 2. The van der Waals surface area contributed by atoms with Gasteiger partial charge in [0.25, 0.3) is 5.91 Å². The second-order valence-electron chi connectivity index (χ2n) is 6.88. The molecule has 138 valence electrons. The fourth-order valence-electron chi connectivity index (χ4n) is 3.79. The molecule has 1 aliphatic carbocycles. The van der Waals surface area contributed by atoms with E-state index >= 15 is 0 Å². The van der Waals surface area contributed by atoms with Crippen LogP contribution in [0.15, 0.2) is 47.5 Å². The number of amides is 1. The summed E-state index contributed by atoms with van der Waals surface area (Å²) in [7, 11) is 0. The van der Waals surface area contributed by atoms with Crippen molar-refractivity contribution in [3.8, 4) is 5.75 Å². The Labute approximate surface area is 158 Å². The maximum atomic E-state index is 12.9. The van der Waals surface area contributed by atoms with Crippen molar-refractivity contribution in [3.63, 3.8) is 0 Å². The number of hydrogen-bond donors (Lipinski definition) is 1. The first-order chi connectivity index (χ1) is 13.2. The lowest BCUT2D eigenvalue weighted by Gasteiger charge is -2.28. The molecule has 1 aliphatic heterocycles. The van der Waals surface area contributed by atoms with Gasteiger partial charge in [0.15, 0.2) is 5.78 Å². The highest BCUT2D eigenvalue weighted by molar-refractivity contribution is 6.21. The third-order valence-electron chi connectivity index (χ3n) is 5.12. The fraction of sp³-hybridized carbons (Fsp3) is 0.318. The number of hydrogen-bond acceptors (Lipinski definition) is 4. The average Bonchev–Trinajstić information content (AvgIpc) is 2.69. The van der Waals surface area contributed by atoms with E-state index in [0.717, 1.165) is 37.1 Å². The molecule has 0 bridgehead atoms. The first kappa shape index (κ1) is 17.5. The molecule has 1 fully saturated rings. The Hall–Kier alpha value is -2.95. The lowest BCUT2D eigenvalue weighted by molar-refractivity contribution is 0.0942. The van der Waals surface area contributed by atoms with Crippen LogP contribution in [0.2, 0.25) is 0 Å². The van der Waals surface area contributed by atoms with Gasteiger partial charge >= 0.3 is 0 Å².